The van der Waals surface area contributed by atoms with E-state index < -0.39 is 0 Å². The van der Waals surface area contributed by atoms with Crippen molar-refractivity contribution in [2.75, 3.05) is 11.9 Å². The van der Waals surface area contributed by atoms with Gasteiger partial charge < -0.3 is 4.90 Å². The molecule has 0 spiro atoms. The molecule has 0 heterocycles. The Kier molecular flexibility index (Phi) is 4.78. The summed E-state index contributed by atoms with van der Waals surface area (Å²) in [6, 6.07) is 43.0. The number of para-hydroxylation sites is 1. The summed E-state index contributed by atoms with van der Waals surface area (Å²) in [5.74, 6) is 0. The third-order valence-corrected chi connectivity index (χ3v) is 5.68. The fourth-order valence-electron chi connectivity index (χ4n) is 4.12. The van der Waals surface area contributed by atoms with Gasteiger partial charge in [-0.15, -0.1) is 0 Å². The zero-order valence-electron chi connectivity index (χ0n) is 17.0. The highest BCUT2D eigenvalue weighted by atomic mass is 15.1. The third kappa shape index (κ3) is 3.35. The second kappa shape index (κ2) is 7.88. The Hall–Kier alpha value is -3.84. The van der Waals surface area contributed by atoms with Crippen molar-refractivity contribution < 1.29 is 0 Å². The van der Waals surface area contributed by atoms with Gasteiger partial charge in [-0.2, -0.15) is 0 Å². The molecule has 0 saturated heterocycles. The van der Waals surface area contributed by atoms with Crippen molar-refractivity contribution in [1.82, 2.24) is 0 Å². The molecule has 1 nitrogen and oxygen atoms in total. The first-order chi connectivity index (χ1) is 14.8. The molecule has 0 N–H and O–H groups in total. The highest BCUT2D eigenvalue weighted by Crippen LogP contribution is 2.38. The topological polar surface area (TPSA) is 3.24 Å². The average Bonchev–Trinajstić information content (AvgIpc) is 2.84. The lowest BCUT2D eigenvalue weighted by Crippen LogP contribution is -2.11. The molecule has 30 heavy (non-hydrogen) atoms. The first-order valence-corrected chi connectivity index (χ1v) is 10.3. The SMILES string of the molecule is CN(c1ccccc1-c1ccccc1)c1cccc2ccc(-c3ccccc3)cc12. The maximum atomic E-state index is 2.31. The fraction of sp³-hybridized carbons (Fsp3) is 0.0345. The molecule has 0 aliphatic carbocycles. The van der Waals surface area contributed by atoms with E-state index in [1.54, 1.807) is 0 Å². The molecule has 0 aliphatic heterocycles. The van der Waals surface area contributed by atoms with Gasteiger partial charge in [0.15, 0.2) is 0 Å². The van der Waals surface area contributed by atoms with Crippen LogP contribution in [0.4, 0.5) is 11.4 Å². The average molecular weight is 386 g/mol. The van der Waals surface area contributed by atoms with Gasteiger partial charge in [0.2, 0.25) is 0 Å². The van der Waals surface area contributed by atoms with Crippen LogP contribution in [-0.4, -0.2) is 7.05 Å². The van der Waals surface area contributed by atoms with Crippen LogP contribution in [0.5, 0.6) is 0 Å². The normalized spacial score (nSPS) is 10.8. The summed E-state index contributed by atoms with van der Waals surface area (Å²) in [7, 11) is 2.16. The Labute approximate surface area is 177 Å². The van der Waals surface area contributed by atoms with Gasteiger partial charge in [-0.25, -0.2) is 0 Å². The highest BCUT2D eigenvalue weighted by Gasteiger charge is 2.13. The van der Waals surface area contributed by atoms with E-state index in [9.17, 15) is 0 Å². The number of hydrogen-bond acceptors (Lipinski definition) is 1. The number of fused-ring (bicyclic) bond motifs is 1. The summed E-state index contributed by atoms with van der Waals surface area (Å²) in [5, 5.41) is 2.50. The van der Waals surface area contributed by atoms with E-state index in [0.29, 0.717) is 0 Å². The lowest BCUT2D eigenvalue weighted by molar-refractivity contribution is 1.22. The largest absolute Gasteiger partial charge is 0.344 e. The minimum atomic E-state index is 1.20. The second-order valence-corrected chi connectivity index (χ2v) is 7.52. The molecule has 0 atom stereocenters. The summed E-state index contributed by atoms with van der Waals surface area (Å²) >= 11 is 0. The maximum Gasteiger partial charge on any atom is 0.0488 e. The molecule has 5 aromatic rings. The van der Waals surface area contributed by atoms with E-state index in [2.05, 4.69) is 133 Å². The van der Waals surface area contributed by atoms with Gasteiger partial charge in [-0.05, 0) is 40.3 Å². The van der Waals surface area contributed by atoms with Crippen molar-refractivity contribution in [2.45, 2.75) is 0 Å². The van der Waals surface area contributed by atoms with Crippen molar-refractivity contribution in [3.05, 3.63) is 121 Å². The molecule has 5 rings (SSSR count). The van der Waals surface area contributed by atoms with Crippen LogP contribution in [0.15, 0.2) is 121 Å². The molecular weight excluding hydrogens is 362 g/mol. The summed E-state index contributed by atoms with van der Waals surface area (Å²) in [6.45, 7) is 0. The standard InChI is InChI=1S/C29H23N/c1-30(28-17-9-8-16-26(28)23-13-6-3-7-14-23)29-18-10-15-24-19-20-25(21-27(24)29)22-11-4-2-5-12-22/h2-21H,1H3. The molecule has 0 unspecified atom stereocenters. The van der Waals surface area contributed by atoms with Gasteiger partial charge in [0.25, 0.3) is 0 Å². The van der Waals surface area contributed by atoms with Crippen LogP contribution in [0, 0.1) is 0 Å². The predicted molar refractivity (Wildman–Crippen MR) is 129 cm³/mol. The molecule has 1 heteroatoms. The monoisotopic (exact) mass is 385 g/mol. The lowest BCUT2D eigenvalue weighted by atomic mass is 9.99. The number of rotatable bonds is 4. The Morgan fingerprint density at radius 1 is 0.467 bits per heavy atom. The molecule has 144 valence electrons. The highest BCUT2D eigenvalue weighted by molar-refractivity contribution is 5.99. The van der Waals surface area contributed by atoms with Crippen LogP contribution < -0.4 is 4.90 Å². The van der Waals surface area contributed by atoms with Crippen molar-refractivity contribution in [1.29, 1.82) is 0 Å². The molecule has 5 aromatic carbocycles. The van der Waals surface area contributed by atoms with Gasteiger partial charge in [0.1, 0.15) is 0 Å². The predicted octanol–water partition coefficient (Wildman–Crippen LogP) is 7.94. The van der Waals surface area contributed by atoms with Crippen molar-refractivity contribution in [3.63, 3.8) is 0 Å². The Bertz CT molecular complexity index is 1290. The van der Waals surface area contributed by atoms with Gasteiger partial charge >= 0.3 is 0 Å². The molecule has 0 aromatic heterocycles. The molecule has 0 bridgehead atoms. The van der Waals surface area contributed by atoms with Crippen LogP contribution in [0.25, 0.3) is 33.0 Å². The van der Waals surface area contributed by atoms with E-state index >= 15 is 0 Å². The third-order valence-electron chi connectivity index (χ3n) is 5.68. The maximum absolute atomic E-state index is 2.31. The zero-order valence-corrected chi connectivity index (χ0v) is 17.0. The van der Waals surface area contributed by atoms with E-state index in [4.69, 9.17) is 0 Å². The van der Waals surface area contributed by atoms with E-state index in [1.807, 2.05) is 0 Å². The Morgan fingerprint density at radius 3 is 1.87 bits per heavy atom. The summed E-state index contributed by atoms with van der Waals surface area (Å²) in [4.78, 5) is 2.30. The molecule has 0 aliphatic rings. The Morgan fingerprint density at radius 2 is 1.10 bits per heavy atom. The zero-order chi connectivity index (χ0) is 20.3. The molecule has 0 radical (unpaired) electrons. The van der Waals surface area contributed by atoms with E-state index in [-0.39, 0.29) is 0 Å². The van der Waals surface area contributed by atoms with Gasteiger partial charge in [-0.3, -0.25) is 0 Å². The van der Waals surface area contributed by atoms with Gasteiger partial charge in [0.05, 0.1) is 0 Å². The van der Waals surface area contributed by atoms with E-state index in [0.717, 1.165) is 0 Å². The second-order valence-electron chi connectivity index (χ2n) is 7.52. The first-order valence-electron chi connectivity index (χ1n) is 10.3. The van der Waals surface area contributed by atoms with Crippen LogP contribution in [0.1, 0.15) is 0 Å². The van der Waals surface area contributed by atoms with Gasteiger partial charge in [0, 0.05) is 29.4 Å². The molecule has 0 saturated carbocycles. The minimum absolute atomic E-state index is 1.20. The quantitative estimate of drug-likeness (QED) is 0.303. The molecular formula is C29H23N. The number of anilines is 2. The van der Waals surface area contributed by atoms with Crippen LogP contribution in [-0.2, 0) is 0 Å². The van der Waals surface area contributed by atoms with Gasteiger partial charge in [-0.1, -0.05) is 103 Å². The van der Waals surface area contributed by atoms with Crippen molar-refractivity contribution in [2.24, 2.45) is 0 Å². The van der Waals surface area contributed by atoms with Crippen LogP contribution >= 0.6 is 0 Å². The number of hydrogen-bond donors (Lipinski definition) is 0. The fourth-order valence-corrected chi connectivity index (χ4v) is 4.12. The van der Waals surface area contributed by atoms with Crippen molar-refractivity contribution >= 4 is 22.1 Å². The lowest BCUT2D eigenvalue weighted by Gasteiger charge is -2.24. The Balaban J connectivity index is 1.65. The summed E-state index contributed by atoms with van der Waals surface area (Å²) in [5.41, 5.74) is 7.33. The van der Waals surface area contributed by atoms with Crippen LogP contribution in [0.2, 0.25) is 0 Å². The number of nitrogens with zero attached hydrogens (tertiary/aromatic N) is 1. The van der Waals surface area contributed by atoms with Crippen LogP contribution in [0.3, 0.4) is 0 Å². The first kappa shape index (κ1) is 18.2. The summed E-state index contributed by atoms with van der Waals surface area (Å²) < 4.78 is 0. The number of benzene rings is 5. The molecule has 0 amide bonds. The van der Waals surface area contributed by atoms with Crippen molar-refractivity contribution in [3.8, 4) is 22.3 Å². The van der Waals surface area contributed by atoms with E-state index in [1.165, 1.54) is 44.4 Å². The minimum Gasteiger partial charge on any atom is -0.344 e. The smallest absolute Gasteiger partial charge is 0.0488 e. The molecule has 0 fully saturated rings. The summed E-state index contributed by atoms with van der Waals surface area (Å²) in [6.07, 6.45) is 0.